The van der Waals surface area contributed by atoms with E-state index in [1.807, 2.05) is 13.8 Å². The van der Waals surface area contributed by atoms with Crippen LogP contribution in [0.25, 0.3) is 0 Å². The van der Waals surface area contributed by atoms with Crippen LogP contribution in [0.15, 0.2) is 24.3 Å². The third-order valence-electron chi connectivity index (χ3n) is 5.37. The molecule has 0 unspecified atom stereocenters. The second-order valence-electron chi connectivity index (χ2n) is 9.63. The molecule has 2 rings (SSSR count). The van der Waals surface area contributed by atoms with Crippen LogP contribution in [0, 0.1) is 11.8 Å². The number of benzene rings is 1. The van der Waals surface area contributed by atoms with Crippen LogP contribution in [0.3, 0.4) is 0 Å². The van der Waals surface area contributed by atoms with Crippen molar-refractivity contribution in [3.63, 3.8) is 0 Å². The molecule has 0 bridgehead atoms. The molecule has 1 aliphatic rings. The van der Waals surface area contributed by atoms with E-state index >= 15 is 0 Å². The third kappa shape index (κ3) is 9.97. The molecule has 0 saturated carbocycles. The highest BCUT2D eigenvalue weighted by Gasteiger charge is 2.32. The molecule has 1 fully saturated rings. The number of thiol groups is 1. The summed E-state index contributed by atoms with van der Waals surface area (Å²) in [4.78, 5) is 49.3. The Morgan fingerprint density at radius 1 is 1.17 bits per heavy atom. The molecule has 1 heterocycles. The molecule has 1 aliphatic heterocycles. The Hall–Kier alpha value is -2.46. The molecule has 35 heavy (non-hydrogen) atoms. The zero-order valence-corrected chi connectivity index (χ0v) is 22.1. The first-order chi connectivity index (χ1) is 16.4. The van der Waals surface area contributed by atoms with Crippen molar-refractivity contribution in [1.82, 2.24) is 16.0 Å². The van der Waals surface area contributed by atoms with Crippen LogP contribution in [-0.2, 0) is 19.1 Å². The van der Waals surface area contributed by atoms with Gasteiger partial charge in [0.15, 0.2) is 0 Å². The Bertz CT molecular complexity index is 909. The maximum Gasteiger partial charge on any atom is 0.407 e. The quantitative estimate of drug-likeness (QED) is 0.310. The van der Waals surface area contributed by atoms with Crippen molar-refractivity contribution in [3.05, 3.63) is 29.3 Å². The number of carbonyl (C=O) groups is 4. The highest BCUT2D eigenvalue weighted by molar-refractivity contribution is 7.96. The zero-order chi connectivity index (χ0) is 26.2. The van der Waals surface area contributed by atoms with Gasteiger partial charge in [-0.1, -0.05) is 25.4 Å². The Morgan fingerprint density at radius 3 is 2.37 bits per heavy atom. The van der Waals surface area contributed by atoms with Gasteiger partial charge in [0, 0.05) is 17.5 Å². The minimum absolute atomic E-state index is 0.0708. The molecule has 1 saturated heterocycles. The Balaban J connectivity index is 1.95. The van der Waals surface area contributed by atoms with Gasteiger partial charge in [-0.15, -0.1) is 12.6 Å². The number of rotatable bonds is 12. The molecule has 0 aliphatic carbocycles. The first-order valence-corrected chi connectivity index (χ1v) is 12.4. The number of hydrogen-bond acceptors (Lipinski definition) is 6. The van der Waals surface area contributed by atoms with Gasteiger partial charge in [-0.2, -0.15) is 0 Å². The lowest BCUT2D eigenvalue weighted by atomic mass is 9.98. The summed E-state index contributed by atoms with van der Waals surface area (Å²) in [7, 11) is 0. The second-order valence-corrected chi connectivity index (χ2v) is 10.5. The topological polar surface area (TPSA) is 123 Å². The molecule has 3 atom stereocenters. The van der Waals surface area contributed by atoms with E-state index in [0.29, 0.717) is 30.2 Å². The molecule has 0 radical (unpaired) electrons. The lowest BCUT2D eigenvalue weighted by Crippen LogP contribution is -2.52. The molecule has 0 aromatic heterocycles. The van der Waals surface area contributed by atoms with Crippen molar-refractivity contribution >= 4 is 47.3 Å². The Morgan fingerprint density at radius 2 is 1.83 bits per heavy atom. The van der Waals surface area contributed by atoms with Crippen molar-refractivity contribution in [1.29, 1.82) is 0 Å². The third-order valence-corrected chi connectivity index (χ3v) is 5.94. The van der Waals surface area contributed by atoms with Gasteiger partial charge >= 0.3 is 6.09 Å². The molecule has 194 valence electrons. The fraction of sp³-hybridized carbons (Fsp3) is 0.583. The van der Waals surface area contributed by atoms with Gasteiger partial charge in [0.2, 0.25) is 16.9 Å². The summed E-state index contributed by atoms with van der Waals surface area (Å²) in [5.41, 5.74) is -0.841. The molecule has 0 spiro atoms. The minimum Gasteiger partial charge on any atom is -0.484 e. The zero-order valence-electron chi connectivity index (χ0n) is 20.4. The van der Waals surface area contributed by atoms with E-state index in [4.69, 9.17) is 21.1 Å². The summed E-state index contributed by atoms with van der Waals surface area (Å²) >= 11 is 9.76. The van der Waals surface area contributed by atoms with Crippen LogP contribution < -0.4 is 20.7 Å². The predicted molar refractivity (Wildman–Crippen MR) is 136 cm³/mol. The molecule has 1 aromatic carbocycles. The number of alkyl carbamates (subject to hydrolysis) is 1. The van der Waals surface area contributed by atoms with Gasteiger partial charge in [0.25, 0.3) is 0 Å². The van der Waals surface area contributed by atoms with Crippen LogP contribution in [0.1, 0.15) is 47.0 Å². The molecular weight excluding hydrogens is 494 g/mol. The summed E-state index contributed by atoms with van der Waals surface area (Å²) in [6.07, 6.45) is 0.264. The van der Waals surface area contributed by atoms with Crippen molar-refractivity contribution in [2.75, 3.05) is 13.2 Å². The maximum absolute atomic E-state index is 13.0. The molecule has 9 nitrogen and oxygen atoms in total. The second kappa shape index (κ2) is 13.0. The van der Waals surface area contributed by atoms with E-state index < -0.39 is 34.8 Å². The fourth-order valence-electron chi connectivity index (χ4n) is 3.63. The van der Waals surface area contributed by atoms with E-state index in [9.17, 15) is 19.2 Å². The van der Waals surface area contributed by atoms with Crippen LogP contribution in [0.4, 0.5) is 4.79 Å². The summed E-state index contributed by atoms with van der Waals surface area (Å²) in [5, 5.41) is 7.95. The lowest BCUT2D eigenvalue weighted by molar-refractivity contribution is -0.128. The fourth-order valence-corrected chi connectivity index (χ4v) is 3.92. The largest absolute Gasteiger partial charge is 0.484 e. The monoisotopic (exact) mass is 527 g/mol. The molecule has 1 aromatic rings. The van der Waals surface area contributed by atoms with E-state index in [2.05, 4.69) is 28.6 Å². The first-order valence-electron chi connectivity index (χ1n) is 11.5. The smallest absolute Gasteiger partial charge is 0.407 e. The maximum atomic E-state index is 13.0. The Kier molecular flexibility index (Phi) is 10.7. The summed E-state index contributed by atoms with van der Waals surface area (Å²) in [6, 6.07) is 4.92. The summed E-state index contributed by atoms with van der Waals surface area (Å²) in [5.74, 6) is -0.429. The van der Waals surface area contributed by atoms with Crippen molar-refractivity contribution in [2.45, 2.75) is 64.6 Å². The van der Waals surface area contributed by atoms with E-state index in [1.54, 1.807) is 38.1 Å². The summed E-state index contributed by atoms with van der Waals surface area (Å²) < 4.78 is 11.2. The van der Waals surface area contributed by atoms with Crippen molar-refractivity contribution in [3.8, 4) is 5.75 Å². The van der Waals surface area contributed by atoms with Crippen LogP contribution in [-0.4, -0.2) is 53.9 Å². The van der Waals surface area contributed by atoms with Gasteiger partial charge < -0.3 is 25.4 Å². The number of halogens is 1. The molecule has 3 amide bonds. The number of nitrogens with one attached hydrogen (secondary N) is 3. The first kappa shape index (κ1) is 28.8. The van der Waals surface area contributed by atoms with Crippen LogP contribution >= 0.6 is 24.2 Å². The van der Waals surface area contributed by atoms with Crippen molar-refractivity contribution in [2.24, 2.45) is 11.8 Å². The SMILES string of the molecule is CC(C)C[C@H](NC(=O)OCC(C)(C)Oc1ccc(Cl)cc1)C(=O)N[C@@H](C[C@@H]1CCNC1=O)C(=O)S. The highest BCUT2D eigenvalue weighted by atomic mass is 35.5. The van der Waals surface area contributed by atoms with Crippen LogP contribution in [0.5, 0.6) is 5.75 Å². The molecule has 11 heteroatoms. The molecular formula is C24H34ClN3O6S. The normalized spacial score (nSPS) is 17.3. The highest BCUT2D eigenvalue weighted by Crippen LogP contribution is 2.21. The standard InChI is InChI=1S/C24H34ClN3O6S/c1-14(2)11-18(21(30)27-19(22(31)35)12-15-9-10-26-20(15)29)28-23(32)33-13-24(3,4)34-17-7-5-16(25)6-8-17/h5-8,14-15,18-19H,9-13H2,1-4H3,(H,26,29)(H,27,30)(H,28,32)(H,31,35)/t15-,18-,19-/m0/s1. The number of carbonyl (C=O) groups excluding carboxylic acids is 4. The van der Waals surface area contributed by atoms with Gasteiger partial charge in [0.05, 0.1) is 6.04 Å². The van der Waals surface area contributed by atoms with E-state index in [1.165, 1.54) is 0 Å². The van der Waals surface area contributed by atoms with Gasteiger partial charge in [-0.05, 0) is 63.3 Å². The molecule has 3 N–H and O–H groups in total. The number of hydrogen-bond donors (Lipinski definition) is 4. The Labute approximate surface area is 216 Å². The average molecular weight is 528 g/mol. The van der Waals surface area contributed by atoms with Crippen molar-refractivity contribution < 1.29 is 28.7 Å². The summed E-state index contributed by atoms with van der Waals surface area (Å²) in [6.45, 7) is 7.78. The van der Waals surface area contributed by atoms with Gasteiger partial charge in [0.1, 0.15) is 24.0 Å². The van der Waals surface area contributed by atoms with E-state index in [0.717, 1.165) is 0 Å². The van der Waals surface area contributed by atoms with Gasteiger partial charge in [-0.3, -0.25) is 14.4 Å². The minimum atomic E-state index is -0.945. The average Bonchev–Trinajstić information content (AvgIpc) is 3.17. The van der Waals surface area contributed by atoms with E-state index in [-0.39, 0.29) is 30.8 Å². The lowest BCUT2D eigenvalue weighted by Gasteiger charge is -2.27. The van der Waals surface area contributed by atoms with Gasteiger partial charge in [-0.25, -0.2) is 4.79 Å². The predicted octanol–water partition coefficient (Wildman–Crippen LogP) is 3.11. The number of amides is 3. The van der Waals surface area contributed by atoms with Crippen LogP contribution in [0.2, 0.25) is 5.02 Å². The number of ether oxygens (including phenoxy) is 2.